The zero-order chi connectivity index (χ0) is 15.5. The third-order valence-corrected chi connectivity index (χ3v) is 4.06. The first-order valence-electron chi connectivity index (χ1n) is 7.51. The predicted molar refractivity (Wildman–Crippen MR) is 82.3 cm³/mol. The molecule has 3 heterocycles. The van der Waals surface area contributed by atoms with Gasteiger partial charge >= 0.3 is 0 Å². The summed E-state index contributed by atoms with van der Waals surface area (Å²) in [7, 11) is 0. The fraction of sp³-hybridized carbons (Fsp3) is 0.438. The second-order valence-electron chi connectivity index (χ2n) is 5.72. The summed E-state index contributed by atoms with van der Waals surface area (Å²) in [4.78, 5) is 17.3. The van der Waals surface area contributed by atoms with Crippen molar-refractivity contribution in [2.45, 2.75) is 25.8 Å². The Kier molecular flexibility index (Phi) is 4.20. The van der Waals surface area contributed by atoms with Gasteiger partial charge in [0, 0.05) is 42.2 Å². The lowest BCUT2D eigenvalue weighted by Crippen LogP contribution is -2.17. The minimum Gasteiger partial charge on any atom is -0.394 e. The molecule has 3 rings (SSSR count). The van der Waals surface area contributed by atoms with E-state index in [1.165, 1.54) is 0 Å². The molecule has 1 amide bonds. The van der Waals surface area contributed by atoms with E-state index in [2.05, 4.69) is 16.1 Å². The number of aromatic nitrogens is 3. The molecule has 1 aliphatic rings. The molecule has 116 valence electrons. The van der Waals surface area contributed by atoms with Gasteiger partial charge in [-0.3, -0.25) is 14.5 Å². The summed E-state index contributed by atoms with van der Waals surface area (Å²) in [6, 6.07) is 4.13. The second kappa shape index (κ2) is 6.27. The Morgan fingerprint density at radius 2 is 2.27 bits per heavy atom. The van der Waals surface area contributed by atoms with Gasteiger partial charge in [0.05, 0.1) is 19.3 Å². The van der Waals surface area contributed by atoms with Crippen LogP contribution in [0.1, 0.15) is 23.7 Å². The second-order valence-corrected chi connectivity index (χ2v) is 5.72. The van der Waals surface area contributed by atoms with Crippen LogP contribution in [0.15, 0.2) is 24.5 Å². The Labute approximate surface area is 129 Å². The molecule has 6 heteroatoms. The third kappa shape index (κ3) is 3.01. The van der Waals surface area contributed by atoms with Crippen molar-refractivity contribution in [3.63, 3.8) is 0 Å². The molecule has 0 radical (unpaired) electrons. The number of pyridine rings is 1. The number of hydrogen-bond acceptors (Lipinski definition) is 4. The highest BCUT2D eigenvalue weighted by Gasteiger charge is 2.24. The van der Waals surface area contributed by atoms with Crippen molar-refractivity contribution in [1.82, 2.24) is 19.7 Å². The van der Waals surface area contributed by atoms with Gasteiger partial charge in [-0.05, 0) is 31.0 Å². The Morgan fingerprint density at radius 3 is 3.00 bits per heavy atom. The molecule has 1 aliphatic heterocycles. The predicted octanol–water partition coefficient (Wildman–Crippen LogP) is 1.19. The molecule has 0 spiro atoms. The summed E-state index contributed by atoms with van der Waals surface area (Å²) in [5, 5.41) is 13.2. The fourth-order valence-electron chi connectivity index (χ4n) is 2.93. The van der Waals surface area contributed by atoms with Gasteiger partial charge in [-0.15, -0.1) is 0 Å². The van der Waals surface area contributed by atoms with E-state index in [9.17, 15) is 4.79 Å². The van der Waals surface area contributed by atoms with Crippen LogP contribution < -0.4 is 0 Å². The van der Waals surface area contributed by atoms with E-state index in [0.29, 0.717) is 12.5 Å². The normalized spacial score (nSPS) is 17.9. The molecule has 1 saturated heterocycles. The molecule has 6 nitrogen and oxygen atoms in total. The maximum atomic E-state index is 10.9. The fourth-order valence-corrected chi connectivity index (χ4v) is 2.93. The molecule has 0 aromatic carbocycles. The van der Waals surface area contributed by atoms with Gasteiger partial charge in [-0.1, -0.05) is 0 Å². The largest absolute Gasteiger partial charge is 0.394 e. The molecule has 0 saturated carbocycles. The molecule has 0 aliphatic carbocycles. The number of aliphatic hydroxyl groups is 1. The van der Waals surface area contributed by atoms with Gasteiger partial charge in [-0.2, -0.15) is 5.10 Å². The number of aryl methyl sites for hydroxylation is 1. The van der Waals surface area contributed by atoms with E-state index in [0.717, 1.165) is 48.4 Å². The number of nitrogens with zero attached hydrogens (tertiary/aromatic N) is 4. The number of rotatable bonds is 5. The minimum absolute atomic E-state index is 0.0747. The number of aliphatic hydroxyl groups excluding tert-OH is 1. The molecule has 1 N–H and O–H groups in total. The Morgan fingerprint density at radius 1 is 1.41 bits per heavy atom. The van der Waals surface area contributed by atoms with Crippen molar-refractivity contribution < 1.29 is 9.90 Å². The van der Waals surface area contributed by atoms with Gasteiger partial charge in [0.15, 0.2) is 0 Å². The average Bonchev–Trinajstić information content (AvgIpc) is 3.16. The van der Waals surface area contributed by atoms with Crippen LogP contribution in [0.4, 0.5) is 0 Å². The van der Waals surface area contributed by atoms with Crippen molar-refractivity contribution in [2.75, 3.05) is 19.7 Å². The van der Waals surface area contributed by atoms with Crippen molar-refractivity contribution in [2.24, 2.45) is 0 Å². The maximum Gasteiger partial charge on any atom is 0.209 e. The summed E-state index contributed by atoms with van der Waals surface area (Å²) >= 11 is 0. The SMILES string of the molecule is Cc1cc(-c2cnn(CCO)c2)cc(C2CCN(C=O)C2)n1. The van der Waals surface area contributed by atoms with Gasteiger partial charge in [0.2, 0.25) is 6.41 Å². The smallest absolute Gasteiger partial charge is 0.209 e. The number of amides is 1. The molecule has 2 aromatic heterocycles. The van der Waals surface area contributed by atoms with E-state index in [1.54, 1.807) is 15.8 Å². The quantitative estimate of drug-likeness (QED) is 0.842. The topological polar surface area (TPSA) is 71.2 Å². The van der Waals surface area contributed by atoms with Crippen LogP contribution in [0.5, 0.6) is 0 Å². The summed E-state index contributed by atoms with van der Waals surface area (Å²) in [5.41, 5.74) is 4.10. The summed E-state index contributed by atoms with van der Waals surface area (Å²) < 4.78 is 1.73. The molecular weight excluding hydrogens is 280 g/mol. The molecule has 1 unspecified atom stereocenters. The van der Waals surface area contributed by atoms with E-state index >= 15 is 0 Å². The summed E-state index contributed by atoms with van der Waals surface area (Å²) in [6.45, 7) is 4.09. The van der Waals surface area contributed by atoms with Crippen molar-refractivity contribution in [1.29, 1.82) is 0 Å². The van der Waals surface area contributed by atoms with Crippen molar-refractivity contribution >= 4 is 6.41 Å². The first-order valence-corrected chi connectivity index (χ1v) is 7.51. The van der Waals surface area contributed by atoms with E-state index in [4.69, 9.17) is 5.11 Å². The zero-order valence-electron chi connectivity index (χ0n) is 12.6. The lowest BCUT2D eigenvalue weighted by molar-refractivity contribution is -0.117. The highest BCUT2D eigenvalue weighted by molar-refractivity contribution is 5.62. The molecule has 2 aromatic rings. The standard InChI is InChI=1S/C16H20N4O2/c1-12-6-14(15-8-17-20(10-15)4-5-21)7-16(18-12)13-2-3-19(9-13)11-22/h6-8,10-11,13,21H,2-5,9H2,1H3. The lowest BCUT2D eigenvalue weighted by atomic mass is 10.00. The van der Waals surface area contributed by atoms with E-state index in [1.807, 2.05) is 19.2 Å². The van der Waals surface area contributed by atoms with Gasteiger partial charge < -0.3 is 10.0 Å². The Hall–Kier alpha value is -2.21. The van der Waals surface area contributed by atoms with Crippen LogP contribution in [-0.4, -0.2) is 50.9 Å². The Balaban J connectivity index is 1.87. The molecule has 1 fully saturated rings. The first-order chi connectivity index (χ1) is 10.7. The molecule has 0 bridgehead atoms. The van der Waals surface area contributed by atoms with E-state index in [-0.39, 0.29) is 6.61 Å². The zero-order valence-corrected chi connectivity index (χ0v) is 12.6. The van der Waals surface area contributed by atoms with Crippen LogP contribution in [0.3, 0.4) is 0 Å². The highest BCUT2D eigenvalue weighted by Crippen LogP contribution is 2.29. The van der Waals surface area contributed by atoms with Crippen molar-refractivity contribution in [3.8, 4) is 11.1 Å². The van der Waals surface area contributed by atoms with Gasteiger partial charge in [-0.25, -0.2) is 0 Å². The van der Waals surface area contributed by atoms with Crippen molar-refractivity contribution in [3.05, 3.63) is 35.9 Å². The van der Waals surface area contributed by atoms with Gasteiger partial charge in [0.1, 0.15) is 0 Å². The lowest BCUT2D eigenvalue weighted by Gasteiger charge is -2.12. The molecule has 22 heavy (non-hydrogen) atoms. The number of carbonyl (C=O) groups excluding carboxylic acids is 1. The third-order valence-electron chi connectivity index (χ3n) is 4.06. The number of hydrogen-bond donors (Lipinski definition) is 1. The minimum atomic E-state index is 0.0747. The summed E-state index contributed by atoms with van der Waals surface area (Å²) in [6.07, 6.45) is 5.61. The number of likely N-dealkylation sites (tertiary alicyclic amines) is 1. The van der Waals surface area contributed by atoms with Crippen LogP contribution >= 0.6 is 0 Å². The summed E-state index contributed by atoms with van der Waals surface area (Å²) in [5.74, 6) is 0.302. The average molecular weight is 300 g/mol. The van der Waals surface area contributed by atoms with Crippen LogP contribution in [0, 0.1) is 6.92 Å². The van der Waals surface area contributed by atoms with E-state index < -0.39 is 0 Å². The highest BCUT2D eigenvalue weighted by atomic mass is 16.3. The van der Waals surface area contributed by atoms with Crippen LogP contribution in [0.2, 0.25) is 0 Å². The maximum absolute atomic E-state index is 10.9. The monoisotopic (exact) mass is 300 g/mol. The number of carbonyl (C=O) groups is 1. The molecule has 1 atom stereocenters. The van der Waals surface area contributed by atoms with Crippen LogP contribution in [-0.2, 0) is 11.3 Å². The molecular formula is C16H20N4O2. The van der Waals surface area contributed by atoms with Crippen LogP contribution in [0.25, 0.3) is 11.1 Å². The first kappa shape index (κ1) is 14.7. The Bertz CT molecular complexity index is 668. The van der Waals surface area contributed by atoms with Gasteiger partial charge in [0.25, 0.3) is 0 Å².